The molecule has 0 spiro atoms. The van der Waals surface area contributed by atoms with Crippen molar-refractivity contribution in [2.75, 3.05) is 6.54 Å². The summed E-state index contributed by atoms with van der Waals surface area (Å²) in [6.07, 6.45) is 7.28. The smallest absolute Gasteiger partial charge is 0.332 e. The van der Waals surface area contributed by atoms with Crippen LogP contribution in [-0.2, 0) is 9.53 Å². The molecule has 1 fully saturated rings. The molecule has 3 aliphatic heterocycles. The molecule has 1 saturated heterocycles. The topological polar surface area (TPSA) is 29.5 Å². The largest absolute Gasteiger partial charge is 0.450 e. The maximum Gasteiger partial charge on any atom is 0.332 e. The minimum atomic E-state index is -0.598. The third-order valence-corrected chi connectivity index (χ3v) is 5.63. The summed E-state index contributed by atoms with van der Waals surface area (Å²) >= 11 is 0. The summed E-state index contributed by atoms with van der Waals surface area (Å²) < 4.78 is 5.85. The van der Waals surface area contributed by atoms with Gasteiger partial charge in [0.2, 0.25) is 0 Å². The average Bonchev–Trinajstić information content (AvgIpc) is 2.91. The van der Waals surface area contributed by atoms with E-state index in [1.807, 2.05) is 30.3 Å². The van der Waals surface area contributed by atoms with Crippen molar-refractivity contribution in [3.63, 3.8) is 0 Å². The standard InChI is InChI=1S/C22H23NO2/c1-16-14-18(12-11-17-8-4-3-5-9-17)19-15-21(24)25-22(19,2)20-10-6-7-13-23(16)20/h3-5,8-9,14-16,20H,6-7,10,13H2,1-2H3/t16-,20?,22-/m0/s1. The molecular formula is C22H23NO2. The maximum atomic E-state index is 12.1. The maximum absolute atomic E-state index is 12.1. The minimum Gasteiger partial charge on any atom is -0.450 e. The van der Waals surface area contributed by atoms with E-state index in [4.69, 9.17) is 4.74 Å². The van der Waals surface area contributed by atoms with E-state index in [2.05, 4.69) is 36.7 Å². The van der Waals surface area contributed by atoms with Crippen molar-refractivity contribution in [2.24, 2.45) is 0 Å². The van der Waals surface area contributed by atoms with Gasteiger partial charge in [-0.2, -0.15) is 0 Å². The minimum absolute atomic E-state index is 0.223. The van der Waals surface area contributed by atoms with Gasteiger partial charge in [0, 0.05) is 28.8 Å². The summed E-state index contributed by atoms with van der Waals surface area (Å²) in [4.78, 5) is 14.6. The zero-order valence-corrected chi connectivity index (χ0v) is 14.8. The quantitative estimate of drug-likeness (QED) is 0.538. The first kappa shape index (κ1) is 16.2. The molecule has 3 heteroatoms. The fraction of sp³-hybridized carbons (Fsp3) is 0.409. The lowest BCUT2D eigenvalue weighted by Crippen LogP contribution is -2.55. The number of benzene rings is 1. The van der Waals surface area contributed by atoms with Crippen LogP contribution in [0.3, 0.4) is 0 Å². The molecule has 0 bridgehead atoms. The molecule has 0 radical (unpaired) electrons. The van der Waals surface area contributed by atoms with Gasteiger partial charge < -0.3 is 4.74 Å². The molecule has 25 heavy (non-hydrogen) atoms. The third-order valence-electron chi connectivity index (χ3n) is 5.63. The average molecular weight is 333 g/mol. The number of fused-ring (bicyclic) bond motifs is 3. The Hall–Kier alpha value is -2.31. The Balaban J connectivity index is 1.79. The number of hydrogen-bond donors (Lipinski definition) is 0. The highest BCUT2D eigenvalue weighted by molar-refractivity contribution is 5.89. The highest BCUT2D eigenvalue weighted by atomic mass is 16.6. The molecule has 1 unspecified atom stereocenters. The zero-order chi connectivity index (χ0) is 17.4. The Bertz CT molecular complexity index is 811. The van der Waals surface area contributed by atoms with Crippen LogP contribution in [0.15, 0.2) is 53.6 Å². The number of ether oxygens (including phenoxy) is 1. The van der Waals surface area contributed by atoms with Crippen LogP contribution >= 0.6 is 0 Å². The van der Waals surface area contributed by atoms with Crippen LogP contribution in [0.1, 0.15) is 38.7 Å². The van der Waals surface area contributed by atoms with Gasteiger partial charge in [-0.15, -0.1) is 0 Å². The number of hydrogen-bond acceptors (Lipinski definition) is 3. The number of esters is 1. The number of nitrogens with zero attached hydrogens (tertiary/aromatic N) is 1. The predicted molar refractivity (Wildman–Crippen MR) is 97.8 cm³/mol. The number of rotatable bonds is 0. The van der Waals surface area contributed by atoms with Gasteiger partial charge in [-0.25, -0.2) is 4.79 Å². The molecule has 4 rings (SSSR count). The fourth-order valence-corrected chi connectivity index (χ4v) is 4.38. The highest BCUT2D eigenvalue weighted by Crippen LogP contribution is 2.44. The summed E-state index contributed by atoms with van der Waals surface area (Å²) in [5.41, 5.74) is 2.26. The normalized spacial score (nSPS) is 31.5. The Morgan fingerprint density at radius 3 is 2.80 bits per heavy atom. The first-order valence-electron chi connectivity index (χ1n) is 9.08. The number of piperidine rings is 1. The molecule has 0 amide bonds. The Labute approximate surface area is 149 Å². The van der Waals surface area contributed by atoms with Crippen LogP contribution in [0.2, 0.25) is 0 Å². The zero-order valence-electron chi connectivity index (χ0n) is 14.8. The predicted octanol–water partition coefficient (Wildman–Crippen LogP) is 3.46. The van der Waals surface area contributed by atoms with Gasteiger partial charge in [0.25, 0.3) is 0 Å². The molecule has 0 N–H and O–H groups in total. The van der Waals surface area contributed by atoms with Gasteiger partial charge in [-0.05, 0) is 45.4 Å². The van der Waals surface area contributed by atoms with Crippen LogP contribution in [0.25, 0.3) is 0 Å². The van der Waals surface area contributed by atoms with E-state index in [0.29, 0.717) is 0 Å². The van der Waals surface area contributed by atoms with E-state index < -0.39 is 5.60 Å². The molecule has 1 aromatic rings. The second kappa shape index (κ2) is 6.20. The number of carbonyl (C=O) groups excluding carboxylic acids is 1. The molecule has 1 aromatic carbocycles. The van der Waals surface area contributed by atoms with Crippen molar-refractivity contribution in [1.29, 1.82) is 0 Å². The molecule has 3 aliphatic rings. The van der Waals surface area contributed by atoms with Crippen LogP contribution < -0.4 is 0 Å². The Morgan fingerprint density at radius 2 is 2.00 bits per heavy atom. The first-order valence-corrected chi connectivity index (χ1v) is 9.08. The van der Waals surface area contributed by atoms with Gasteiger partial charge >= 0.3 is 5.97 Å². The third kappa shape index (κ3) is 2.81. The van der Waals surface area contributed by atoms with Crippen molar-refractivity contribution in [3.05, 3.63) is 59.2 Å². The van der Waals surface area contributed by atoms with Crippen LogP contribution in [0.4, 0.5) is 0 Å². The summed E-state index contributed by atoms with van der Waals surface area (Å²) in [5, 5.41) is 0. The molecule has 3 nitrogen and oxygen atoms in total. The lowest BCUT2D eigenvalue weighted by Gasteiger charge is -2.45. The fourth-order valence-electron chi connectivity index (χ4n) is 4.38. The van der Waals surface area contributed by atoms with E-state index >= 15 is 0 Å². The molecule has 128 valence electrons. The van der Waals surface area contributed by atoms with E-state index in [1.165, 1.54) is 12.8 Å². The van der Waals surface area contributed by atoms with Crippen molar-refractivity contribution in [1.82, 2.24) is 4.90 Å². The lowest BCUT2D eigenvalue weighted by atomic mass is 9.81. The second-order valence-electron chi connectivity index (χ2n) is 7.27. The van der Waals surface area contributed by atoms with Crippen molar-refractivity contribution in [2.45, 2.75) is 50.8 Å². The van der Waals surface area contributed by atoms with Gasteiger partial charge in [0.1, 0.15) is 0 Å². The van der Waals surface area contributed by atoms with Crippen LogP contribution in [0.5, 0.6) is 0 Å². The van der Waals surface area contributed by atoms with Crippen molar-refractivity contribution in [3.8, 4) is 11.8 Å². The molecule has 0 saturated carbocycles. The van der Waals surface area contributed by atoms with Gasteiger partial charge in [0.05, 0.1) is 6.04 Å². The van der Waals surface area contributed by atoms with E-state index in [1.54, 1.807) is 6.08 Å². The number of carbonyl (C=O) groups is 1. The second-order valence-corrected chi connectivity index (χ2v) is 7.27. The molecule has 3 atom stereocenters. The van der Waals surface area contributed by atoms with Gasteiger partial charge in [-0.3, -0.25) is 4.90 Å². The van der Waals surface area contributed by atoms with Crippen molar-refractivity contribution < 1.29 is 9.53 Å². The van der Waals surface area contributed by atoms with Crippen LogP contribution in [0, 0.1) is 11.8 Å². The molecular weight excluding hydrogens is 310 g/mol. The van der Waals surface area contributed by atoms with Crippen molar-refractivity contribution >= 4 is 5.97 Å². The lowest BCUT2D eigenvalue weighted by molar-refractivity contribution is -0.151. The molecule has 0 aromatic heterocycles. The van der Waals surface area contributed by atoms with Gasteiger partial charge in [-0.1, -0.05) is 42.5 Å². The monoisotopic (exact) mass is 333 g/mol. The summed E-state index contributed by atoms with van der Waals surface area (Å²) in [7, 11) is 0. The Kier molecular flexibility index (Phi) is 4.01. The summed E-state index contributed by atoms with van der Waals surface area (Å²) in [5.74, 6) is 6.32. The van der Waals surface area contributed by atoms with Crippen LogP contribution in [-0.4, -0.2) is 35.1 Å². The summed E-state index contributed by atoms with van der Waals surface area (Å²) in [6.45, 7) is 5.32. The summed E-state index contributed by atoms with van der Waals surface area (Å²) in [6, 6.07) is 10.5. The van der Waals surface area contributed by atoms with E-state index in [9.17, 15) is 4.79 Å². The van der Waals surface area contributed by atoms with E-state index in [-0.39, 0.29) is 18.1 Å². The van der Waals surface area contributed by atoms with E-state index in [0.717, 1.165) is 29.7 Å². The molecule has 0 aliphatic carbocycles. The highest BCUT2D eigenvalue weighted by Gasteiger charge is 2.51. The molecule has 3 heterocycles. The SMILES string of the molecule is C[C@H]1C=C(C#Cc2ccccc2)C2=CC(=O)O[C@]2(C)C2CCCCN21. The first-order chi connectivity index (χ1) is 12.1. The Morgan fingerprint density at radius 1 is 1.20 bits per heavy atom. The van der Waals surface area contributed by atoms with Gasteiger partial charge in [0.15, 0.2) is 5.60 Å².